The first-order valence-corrected chi connectivity index (χ1v) is 11.3. The van der Waals surface area contributed by atoms with Crippen LogP contribution in [0.2, 0.25) is 5.02 Å². The molecule has 6 nitrogen and oxygen atoms in total. The molecule has 0 heterocycles. The summed E-state index contributed by atoms with van der Waals surface area (Å²) in [5.41, 5.74) is 2.98. The first-order chi connectivity index (χ1) is 14.7. The number of ketones is 1. The van der Waals surface area contributed by atoms with Crippen molar-refractivity contribution in [1.29, 1.82) is 0 Å². The summed E-state index contributed by atoms with van der Waals surface area (Å²) >= 11 is 6.08. The van der Waals surface area contributed by atoms with Crippen molar-refractivity contribution in [2.45, 2.75) is 25.3 Å². The summed E-state index contributed by atoms with van der Waals surface area (Å²) in [5, 5.41) is 3.38. The van der Waals surface area contributed by atoms with Crippen molar-refractivity contribution in [3.63, 3.8) is 0 Å². The van der Waals surface area contributed by atoms with E-state index in [4.69, 9.17) is 11.6 Å². The predicted octanol–water partition coefficient (Wildman–Crippen LogP) is 4.58. The number of hydrogen-bond donors (Lipinski definition) is 2. The summed E-state index contributed by atoms with van der Waals surface area (Å²) in [4.78, 5) is 23.9. The summed E-state index contributed by atoms with van der Waals surface area (Å²) in [5.74, 6) is -0.422. The van der Waals surface area contributed by atoms with Crippen LogP contribution in [-0.4, -0.2) is 20.1 Å². The van der Waals surface area contributed by atoms with Gasteiger partial charge in [0.05, 0.1) is 4.90 Å². The molecule has 3 aromatic carbocycles. The number of anilines is 1. The van der Waals surface area contributed by atoms with Crippen molar-refractivity contribution >= 4 is 39.0 Å². The Hall–Kier alpha value is -3.00. The Morgan fingerprint density at radius 3 is 2.13 bits per heavy atom. The Morgan fingerprint density at radius 1 is 0.903 bits per heavy atom. The number of hydrogen-bond acceptors (Lipinski definition) is 4. The van der Waals surface area contributed by atoms with Gasteiger partial charge in [0.15, 0.2) is 5.78 Å². The third kappa shape index (κ3) is 5.58. The Bertz CT molecular complexity index is 1220. The van der Waals surface area contributed by atoms with E-state index in [2.05, 4.69) is 10.0 Å². The zero-order chi connectivity index (χ0) is 22.6. The van der Waals surface area contributed by atoms with Gasteiger partial charge >= 0.3 is 0 Å². The van der Waals surface area contributed by atoms with Crippen LogP contribution in [-0.2, 0) is 16.6 Å². The van der Waals surface area contributed by atoms with Crippen LogP contribution in [0.1, 0.15) is 38.8 Å². The number of rotatable bonds is 7. The first-order valence-electron chi connectivity index (χ1n) is 9.43. The summed E-state index contributed by atoms with van der Waals surface area (Å²) in [7, 11) is -3.73. The number of sulfonamides is 1. The predicted molar refractivity (Wildman–Crippen MR) is 121 cm³/mol. The molecule has 0 radical (unpaired) electrons. The highest BCUT2D eigenvalue weighted by molar-refractivity contribution is 7.89. The van der Waals surface area contributed by atoms with E-state index in [1.54, 1.807) is 42.5 Å². The molecule has 0 atom stereocenters. The van der Waals surface area contributed by atoms with Crippen LogP contribution >= 0.6 is 11.6 Å². The molecule has 160 valence electrons. The van der Waals surface area contributed by atoms with Crippen molar-refractivity contribution in [3.8, 4) is 0 Å². The lowest BCUT2D eigenvalue weighted by Gasteiger charge is -2.10. The number of benzene rings is 3. The van der Waals surface area contributed by atoms with E-state index in [1.807, 2.05) is 6.92 Å². The smallest absolute Gasteiger partial charge is 0.255 e. The number of carbonyl (C=O) groups excluding carboxylic acids is 2. The maximum Gasteiger partial charge on any atom is 0.255 e. The molecule has 0 bridgehead atoms. The standard InChI is InChI=1S/C23H21ClN2O4S/c1-15-21(24)4-3-5-22(15)26-23(28)19-8-6-17(7-9-19)14-25-31(29,30)20-12-10-18(11-13-20)16(2)27/h3-13,25H,14H2,1-2H3,(H,26,28). The molecule has 0 aliphatic carbocycles. The summed E-state index contributed by atoms with van der Waals surface area (Å²) in [6, 6.07) is 17.6. The Labute approximate surface area is 186 Å². The Morgan fingerprint density at radius 2 is 1.52 bits per heavy atom. The van der Waals surface area contributed by atoms with Crippen molar-refractivity contribution in [1.82, 2.24) is 4.72 Å². The lowest BCUT2D eigenvalue weighted by Crippen LogP contribution is -2.23. The number of nitrogens with one attached hydrogen (secondary N) is 2. The third-order valence-electron chi connectivity index (χ3n) is 4.77. The van der Waals surface area contributed by atoms with E-state index in [9.17, 15) is 18.0 Å². The zero-order valence-corrected chi connectivity index (χ0v) is 18.5. The van der Waals surface area contributed by atoms with Gasteiger partial charge in [-0.25, -0.2) is 13.1 Å². The van der Waals surface area contributed by atoms with Gasteiger partial charge in [-0.3, -0.25) is 9.59 Å². The highest BCUT2D eigenvalue weighted by atomic mass is 35.5. The number of amides is 1. The molecule has 0 aromatic heterocycles. The number of Topliss-reactive ketones (excluding diaryl/α,β-unsaturated/α-hetero) is 1. The molecule has 8 heteroatoms. The summed E-state index contributed by atoms with van der Waals surface area (Å²) in [6.45, 7) is 3.30. The van der Waals surface area contributed by atoms with E-state index >= 15 is 0 Å². The Balaban J connectivity index is 1.64. The van der Waals surface area contributed by atoms with Gasteiger partial charge in [0.1, 0.15) is 0 Å². The molecule has 2 N–H and O–H groups in total. The molecule has 1 amide bonds. The zero-order valence-electron chi connectivity index (χ0n) is 17.0. The molecular formula is C23H21ClN2O4S. The molecule has 3 aromatic rings. The average molecular weight is 457 g/mol. The molecule has 0 fully saturated rings. The van der Waals surface area contributed by atoms with Crippen LogP contribution in [0.4, 0.5) is 5.69 Å². The van der Waals surface area contributed by atoms with E-state index < -0.39 is 10.0 Å². The fourth-order valence-corrected chi connectivity index (χ4v) is 4.03. The molecule has 3 rings (SSSR count). The highest BCUT2D eigenvalue weighted by Crippen LogP contribution is 2.23. The maximum atomic E-state index is 12.5. The number of halogens is 1. The van der Waals surface area contributed by atoms with E-state index in [0.29, 0.717) is 27.4 Å². The minimum Gasteiger partial charge on any atom is -0.322 e. The van der Waals surface area contributed by atoms with Crippen molar-refractivity contribution in [3.05, 3.63) is 94.0 Å². The van der Waals surface area contributed by atoms with Crippen LogP contribution in [0.15, 0.2) is 71.6 Å². The lowest BCUT2D eigenvalue weighted by molar-refractivity contribution is 0.101. The maximum absolute atomic E-state index is 12.5. The SMILES string of the molecule is CC(=O)c1ccc(S(=O)(=O)NCc2ccc(C(=O)Nc3cccc(Cl)c3C)cc2)cc1. The van der Waals surface area contributed by atoms with Crippen molar-refractivity contribution in [2.24, 2.45) is 0 Å². The summed E-state index contributed by atoms with van der Waals surface area (Å²) in [6.07, 6.45) is 0. The molecular weight excluding hydrogens is 436 g/mol. The molecule has 0 unspecified atom stereocenters. The van der Waals surface area contributed by atoms with Gasteiger partial charge in [0.2, 0.25) is 10.0 Å². The van der Waals surface area contributed by atoms with Gasteiger partial charge in [0, 0.05) is 28.4 Å². The molecule has 31 heavy (non-hydrogen) atoms. The quantitative estimate of drug-likeness (QED) is 0.509. The highest BCUT2D eigenvalue weighted by Gasteiger charge is 2.15. The minimum atomic E-state index is -3.73. The van der Waals surface area contributed by atoms with Crippen LogP contribution < -0.4 is 10.0 Å². The molecule has 0 aliphatic rings. The van der Waals surface area contributed by atoms with Gasteiger partial charge in [0.25, 0.3) is 5.91 Å². The molecule has 0 saturated carbocycles. The normalized spacial score (nSPS) is 11.2. The van der Waals surface area contributed by atoms with Crippen molar-refractivity contribution < 1.29 is 18.0 Å². The van der Waals surface area contributed by atoms with E-state index in [0.717, 1.165) is 5.56 Å². The largest absolute Gasteiger partial charge is 0.322 e. The Kier molecular flexibility index (Phi) is 6.90. The second-order valence-corrected chi connectivity index (χ2v) is 9.14. The second-order valence-electron chi connectivity index (χ2n) is 6.97. The first kappa shape index (κ1) is 22.7. The monoisotopic (exact) mass is 456 g/mol. The minimum absolute atomic E-state index is 0.0616. The van der Waals surface area contributed by atoms with Gasteiger partial charge in [-0.1, -0.05) is 41.9 Å². The van der Waals surface area contributed by atoms with E-state index in [-0.39, 0.29) is 23.1 Å². The molecule has 0 spiro atoms. The third-order valence-corrected chi connectivity index (χ3v) is 6.60. The van der Waals surface area contributed by atoms with Crippen molar-refractivity contribution in [2.75, 3.05) is 5.32 Å². The second kappa shape index (κ2) is 9.43. The fraction of sp³-hybridized carbons (Fsp3) is 0.130. The van der Waals surface area contributed by atoms with Crippen LogP contribution in [0.5, 0.6) is 0 Å². The topological polar surface area (TPSA) is 92.3 Å². The lowest BCUT2D eigenvalue weighted by atomic mass is 10.1. The van der Waals surface area contributed by atoms with Gasteiger partial charge in [-0.15, -0.1) is 0 Å². The summed E-state index contributed by atoms with van der Waals surface area (Å²) < 4.78 is 27.4. The average Bonchev–Trinajstić information content (AvgIpc) is 2.76. The van der Waals surface area contributed by atoms with Crippen LogP contribution in [0, 0.1) is 6.92 Å². The van der Waals surface area contributed by atoms with E-state index in [1.165, 1.54) is 31.2 Å². The molecule has 0 aliphatic heterocycles. The number of carbonyl (C=O) groups is 2. The van der Waals surface area contributed by atoms with Gasteiger partial charge in [-0.05, 0) is 61.4 Å². The fourth-order valence-electron chi connectivity index (χ4n) is 2.84. The molecule has 0 saturated heterocycles. The van der Waals surface area contributed by atoms with Gasteiger partial charge in [-0.2, -0.15) is 0 Å². The van der Waals surface area contributed by atoms with Gasteiger partial charge < -0.3 is 5.32 Å². The van der Waals surface area contributed by atoms with Crippen LogP contribution in [0.3, 0.4) is 0 Å². The van der Waals surface area contributed by atoms with Crippen LogP contribution in [0.25, 0.3) is 0 Å².